The molecule has 1 aromatic heterocycles. The van der Waals surface area contributed by atoms with E-state index in [4.69, 9.17) is 13.7 Å². The lowest BCUT2D eigenvalue weighted by molar-refractivity contribution is 0.00578. The van der Waals surface area contributed by atoms with Crippen LogP contribution >= 0.6 is 0 Å². The van der Waals surface area contributed by atoms with Crippen LogP contribution in [0.5, 0.6) is 0 Å². The highest BCUT2D eigenvalue weighted by Gasteiger charge is 2.52. The SMILES string of the molecule is Cn1c(=O)oc2c(B3OC(C)(C)C(C)(C)O3)ccc(F)c21. The predicted molar refractivity (Wildman–Crippen MR) is 77.1 cm³/mol. The van der Waals surface area contributed by atoms with Gasteiger partial charge < -0.3 is 13.7 Å². The van der Waals surface area contributed by atoms with Gasteiger partial charge in [0.25, 0.3) is 0 Å². The Morgan fingerprint density at radius 2 is 1.71 bits per heavy atom. The summed E-state index contributed by atoms with van der Waals surface area (Å²) in [6.07, 6.45) is 0. The van der Waals surface area contributed by atoms with Crippen molar-refractivity contribution in [2.45, 2.75) is 38.9 Å². The van der Waals surface area contributed by atoms with E-state index < -0.39 is 29.9 Å². The van der Waals surface area contributed by atoms with Gasteiger partial charge in [-0.2, -0.15) is 0 Å². The molecule has 0 aliphatic carbocycles. The zero-order valence-corrected chi connectivity index (χ0v) is 12.7. The Hall–Kier alpha value is -1.60. The van der Waals surface area contributed by atoms with Crippen molar-refractivity contribution in [1.29, 1.82) is 0 Å². The van der Waals surface area contributed by atoms with Crippen molar-refractivity contribution in [3.05, 3.63) is 28.5 Å². The number of fused-ring (bicyclic) bond motifs is 1. The van der Waals surface area contributed by atoms with E-state index in [0.717, 1.165) is 4.57 Å². The Bertz CT molecular complexity index is 761. The van der Waals surface area contributed by atoms with Crippen LogP contribution < -0.4 is 11.2 Å². The monoisotopic (exact) mass is 293 g/mol. The molecule has 0 N–H and O–H groups in total. The highest BCUT2D eigenvalue weighted by molar-refractivity contribution is 6.64. The van der Waals surface area contributed by atoms with Crippen LogP contribution in [0.15, 0.2) is 21.3 Å². The van der Waals surface area contributed by atoms with E-state index in [1.165, 1.54) is 19.2 Å². The van der Waals surface area contributed by atoms with Crippen LogP contribution in [0, 0.1) is 5.82 Å². The van der Waals surface area contributed by atoms with E-state index >= 15 is 0 Å². The summed E-state index contributed by atoms with van der Waals surface area (Å²) < 4.78 is 32.1. The van der Waals surface area contributed by atoms with Crippen LogP contribution in [0.2, 0.25) is 0 Å². The molecule has 0 saturated carbocycles. The number of aryl methyl sites for hydroxylation is 1. The van der Waals surface area contributed by atoms with Crippen LogP contribution in [0.3, 0.4) is 0 Å². The summed E-state index contributed by atoms with van der Waals surface area (Å²) in [4.78, 5) is 11.7. The summed E-state index contributed by atoms with van der Waals surface area (Å²) in [6, 6.07) is 2.82. The number of oxazole rings is 1. The van der Waals surface area contributed by atoms with E-state index in [1.54, 1.807) is 0 Å². The Balaban J connectivity index is 2.18. The lowest BCUT2D eigenvalue weighted by Gasteiger charge is -2.32. The molecule has 0 bridgehead atoms. The number of halogens is 1. The lowest BCUT2D eigenvalue weighted by atomic mass is 9.78. The third-order valence-electron chi connectivity index (χ3n) is 4.42. The first-order valence-corrected chi connectivity index (χ1v) is 6.77. The molecule has 1 aliphatic heterocycles. The van der Waals surface area contributed by atoms with E-state index in [2.05, 4.69) is 0 Å². The largest absolute Gasteiger partial charge is 0.498 e. The van der Waals surface area contributed by atoms with E-state index in [9.17, 15) is 9.18 Å². The van der Waals surface area contributed by atoms with Crippen molar-refractivity contribution in [2.24, 2.45) is 7.05 Å². The second kappa shape index (κ2) is 4.21. The molecule has 0 amide bonds. The summed E-state index contributed by atoms with van der Waals surface area (Å²) in [5.74, 6) is -1.13. The summed E-state index contributed by atoms with van der Waals surface area (Å²) in [5, 5.41) is 0. The third-order valence-corrected chi connectivity index (χ3v) is 4.42. The summed E-state index contributed by atoms with van der Waals surface area (Å²) in [5.41, 5.74) is -0.239. The Labute approximate surface area is 121 Å². The van der Waals surface area contributed by atoms with E-state index in [1.807, 2.05) is 27.7 Å². The van der Waals surface area contributed by atoms with Gasteiger partial charge in [-0.05, 0) is 33.8 Å². The topological polar surface area (TPSA) is 53.6 Å². The molecule has 21 heavy (non-hydrogen) atoms. The normalized spacial score (nSPS) is 20.4. The maximum absolute atomic E-state index is 13.9. The minimum Gasteiger partial charge on any atom is -0.408 e. The highest BCUT2D eigenvalue weighted by atomic mass is 19.1. The molecule has 5 nitrogen and oxygen atoms in total. The number of benzene rings is 1. The Morgan fingerprint density at radius 3 is 2.29 bits per heavy atom. The number of nitrogens with zero attached hydrogens (tertiary/aromatic N) is 1. The number of hydrogen-bond donors (Lipinski definition) is 0. The fourth-order valence-corrected chi connectivity index (χ4v) is 2.39. The molecule has 1 aromatic carbocycles. The minimum absolute atomic E-state index is 0.118. The van der Waals surface area contributed by atoms with Gasteiger partial charge in [0.2, 0.25) is 0 Å². The zero-order chi connectivity index (χ0) is 15.6. The number of rotatable bonds is 1. The van der Waals surface area contributed by atoms with Gasteiger partial charge >= 0.3 is 12.9 Å². The van der Waals surface area contributed by atoms with Crippen molar-refractivity contribution in [2.75, 3.05) is 0 Å². The molecule has 1 saturated heterocycles. The second-order valence-electron chi connectivity index (χ2n) is 6.33. The molecule has 0 spiro atoms. The average Bonchev–Trinajstić information content (AvgIpc) is 2.75. The maximum Gasteiger partial charge on any atom is 0.498 e. The van der Waals surface area contributed by atoms with Gasteiger partial charge in [0.05, 0.1) is 11.2 Å². The summed E-state index contributed by atoms with van der Waals surface area (Å²) in [6.45, 7) is 7.70. The van der Waals surface area contributed by atoms with E-state index in [-0.39, 0.29) is 11.1 Å². The molecule has 1 fully saturated rings. The molecule has 7 heteroatoms. The van der Waals surface area contributed by atoms with Gasteiger partial charge in [-0.3, -0.25) is 4.57 Å². The molecular weight excluding hydrogens is 276 g/mol. The summed E-state index contributed by atoms with van der Waals surface area (Å²) >= 11 is 0. The second-order valence-corrected chi connectivity index (χ2v) is 6.33. The Kier molecular flexibility index (Phi) is 2.87. The number of hydrogen-bond acceptors (Lipinski definition) is 4. The molecule has 2 aromatic rings. The van der Waals surface area contributed by atoms with E-state index in [0.29, 0.717) is 5.46 Å². The molecular formula is C14H17BFNO4. The van der Waals surface area contributed by atoms with Crippen LogP contribution in [0.25, 0.3) is 11.1 Å². The first kappa shape index (κ1) is 14.3. The van der Waals surface area contributed by atoms with Crippen LogP contribution in [-0.4, -0.2) is 22.9 Å². The molecule has 0 atom stereocenters. The van der Waals surface area contributed by atoms with Crippen molar-refractivity contribution >= 4 is 23.7 Å². The standard InChI is InChI=1S/C14H17BFNO4/c1-13(2)14(3,4)21-15(20-13)8-6-7-9(16)10-11(8)19-12(18)17(10)5/h6-7H,1-5H3. The van der Waals surface area contributed by atoms with Gasteiger partial charge in [-0.15, -0.1) is 0 Å². The molecule has 0 unspecified atom stereocenters. The minimum atomic E-state index is -0.705. The van der Waals surface area contributed by atoms with Gasteiger partial charge in [0.1, 0.15) is 5.52 Å². The maximum atomic E-state index is 13.9. The van der Waals surface area contributed by atoms with Crippen LogP contribution in [-0.2, 0) is 16.4 Å². The summed E-state index contributed by atoms with van der Waals surface area (Å²) in [7, 11) is 0.759. The first-order chi connectivity index (χ1) is 9.64. The molecule has 1 aliphatic rings. The number of aromatic nitrogens is 1. The quantitative estimate of drug-likeness (QED) is 0.749. The molecule has 3 rings (SSSR count). The molecule has 112 valence electrons. The molecule has 0 radical (unpaired) electrons. The fraction of sp³-hybridized carbons (Fsp3) is 0.500. The molecule has 2 heterocycles. The van der Waals surface area contributed by atoms with Gasteiger partial charge in [-0.25, -0.2) is 9.18 Å². The van der Waals surface area contributed by atoms with Crippen molar-refractivity contribution in [1.82, 2.24) is 4.57 Å². The van der Waals surface area contributed by atoms with Gasteiger partial charge in [-0.1, -0.05) is 6.07 Å². The predicted octanol–water partition coefficient (Wildman–Crippen LogP) is 1.57. The lowest BCUT2D eigenvalue weighted by Crippen LogP contribution is -2.41. The van der Waals surface area contributed by atoms with Crippen molar-refractivity contribution in [3.8, 4) is 0 Å². The van der Waals surface area contributed by atoms with Crippen LogP contribution in [0.4, 0.5) is 4.39 Å². The van der Waals surface area contributed by atoms with Crippen molar-refractivity contribution < 1.29 is 18.1 Å². The van der Waals surface area contributed by atoms with Gasteiger partial charge in [0.15, 0.2) is 11.4 Å². The highest BCUT2D eigenvalue weighted by Crippen LogP contribution is 2.37. The third kappa shape index (κ3) is 1.95. The van der Waals surface area contributed by atoms with Crippen molar-refractivity contribution in [3.63, 3.8) is 0 Å². The zero-order valence-electron chi connectivity index (χ0n) is 12.7. The first-order valence-electron chi connectivity index (χ1n) is 6.77. The van der Waals surface area contributed by atoms with Crippen LogP contribution in [0.1, 0.15) is 27.7 Å². The fourth-order valence-electron chi connectivity index (χ4n) is 2.39. The Morgan fingerprint density at radius 1 is 1.14 bits per heavy atom. The van der Waals surface area contributed by atoms with Gasteiger partial charge in [0, 0.05) is 12.5 Å². The average molecular weight is 293 g/mol. The smallest absolute Gasteiger partial charge is 0.408 e.